The van der Waals surface area contributed by atoms with Gasteiger partial charge in [0.2, 0.25) is 0 Å². The van der Waals surface area contributed by atoms with Crippen molar-refractivity contribution in [2.45, 2.75) is 39.2 Å². The topological polar surface area (TPSA) is 56.5 Å². The second kappa shape index (κ2) is 8.95. The highest BCUT2D eigenvalue weighted by molar-refractivity contribution is 6.08. The van der Waals surface area contributed by atoms with E-state index in [1.807, 2.05) is 43.5 Å². The van der Waals surface area contributed by atoms with Gasteiger partial charge in [-0.05, 0) is 36.6 Å². The standard InChI is InChI=1S/C27H28NO4/c1-5-23-26(17(2)29)20(11-12-28(23)16-18-9-7-6-8-10-18)22-13-19-14-24(31-3)25(32-4)15-21(19)27(22)30/h6-12,14-15,22H,5,13,16H2,1-4H3/q+1. The summed E-state index contributed by atoms with van der Waals surface area (Å²) in [5.74, 6) is 0.756. The number of rotatable bonds is 7. The van der Waals surface area contributed by atoms with E-state index in [0.29, 0.717) is 42.0 Å². The molecule has 164 valence electrons. The quantitative estimate of drug-likeness (QED) is 0.414. The number of aromatic nitrogens is 1. The average Bonchev–Trinajstić information content (AvgIpc) is 3.13. The smallest absolute Gasteiger partial charge is 0.192 e. The van der Waals surface area contributed by atoms with Gasteiger partial charge in [-0.2, -0.15) is 4.57 Å². The Balaban J connectivity index is 1.78. The second-order valence-electron chi connectivity index (χ2n) is 8.10. The predicted molar refractivity (Wildman–Crippen MR) is 122 cm³/mol. The Labute approximate surface area is 188 Å². The van der Waals surface area contributed by atoms with Gasteiger partial charge >= 0.3 is 0 Å². The van der Waals surface area contributed by atoms with Gasteiger partial charge < -0.3 is 9.47 Å². The van der Waals surface area contributed by atoms with Crippen LogP contribution < -0.4 is 14.0 Å². The van der Waals surface area contributed by atoms with Crippen LogP contribution in [0.15, 0.2) is 54.7 Å². The molecule has 1 aromatic heterocycles. The fraction of sp³-hybridized carbons (Fsp3) is 0.296. The fourth-order valence-corrected chi connectivity index (χ4v) is 4.73. The molecule has 0 amide bonds. The van der Waals surface area contributed by atoms with Crippen LogP contribution in [0.4, 0.5) is 0 Å². The Morgan fingerprint density at radius 3 is 2.38 bits per heavy atom. The van der Waals surface area contributed by atoms with Crippen LogP contribution >= 0.6 is 0 Å². The number of nitrogens with zero attached hydrogens (tertiary/aromatic N) is 1. The molecule has 1 aliphatic carbocycles. The minimum atomic E-state index is -0.391. The molecule has 4 rings (SSSR count). The monoisotopic (exact) mass is 430 g/mol. The summed E-state index contributed by atoms with van der Waals surface area (Å²) in [4.78, 5) is 26.2. The van der Waals surface area contributed by atoms with Gasteiger partial charge in [0.15, 0.2) is 41.5 Å². The van der Waals surface area contributed by atoms with Crippen molar-refractivity contribution >= 4 is 11.6 Å². The minimum Gasteiger partial charge on any atom is -0.493 e. The summed E-state index contributed by atoms with van der Waals surface area (Å²) in [6.45, 7) is 4.31. The molecule has 0 bridgehead atoms. The molecular weight excluding hydrogens is 402 g/mol. The number of ether oxygens (including phenoxy) is 2. The summed E-state index contributed by atoms with van der Waals surface area (Å²) in [5.41, 5.74) is 5.15. The fourth-order valence-electron chi connectivity index (χ4n) is 4.73. The van der Waals surface area contributed by atoms with E-state index in [-0.39, 0.29) is 11.6 Å². The first-order valence-electron chi connectivity index (χ1n) is 10.9. The van der Waals surface area contributed by atoms with Crippen molar-refractivity contribution in [2.24, 2.45) is 0 Å². The molecule has 5 heteroatoms. The first kappa shape index (κ1) is 21.8. The molecule has 0 aliphatic heterocycles. The van der Waals surface area contributed by atoms with E-state index in [0.717, 1.165) is 22.4 Å². The molecular formula is C27H28NO4+. The summed E-state index contributed by atoms with van der Waals surface area (Å²) >= 11 is 0. The maximum Gasteiger partial charge on any atom is 0.192 e. The maximum atomic E-state index is 13.4. The van der Waals surface area contributed by atoms with Gasteiger partial charge in [0, 0.05) is 23.6 Å². The molecule has 0 saturated heterocycles. The minimum absolute atomic E-state index is 0.0156. The number of hydrogen-bond acceptors (Lipinski definition) is 4. The highest BCUT2D eigenvalue weighted by Gasteiger charge is 2.37. The number of methoxy groups -OCH3 is 2. The largest absolute Gasteiger partial charge is 0.493 e. The van der Waals surface area contributed by atoms with E-state index in [2.05, 4.69) is 16.7 Å². The Bertz CT molecular complexity index is 1180. The number of carbonyl (C=O) groups excluding carboxylic acids is 2. The summed E-state index contributed by atoms with van der Waals surface area (Å²) in [7, 11) is 3.15. The third-order valence-corrected chi connectivity index (χ3v) is 6.23. The first-order chi connectivity index (χ1) is 15.5. The lowest BCUT2D eigenvalue weighted by Crippen LogP contribution is -2.41. The van der Waals surface area contributed by atoms with Crippen molar-refractivity contribution in [1.29, 1.82) is 0 Å². The normalized spacial score (nSPS) is 14.9. The molecule has 0 N–H and O–H groups in total. The van der Waals surface area contributed by atoms with Crippen molar-refractivity contribution in [3.05, 3.63) is 88.2 Å². The summed E-state index contributed by atoms with van der Waals surface area (Å²) in [6.07, 6.45) is 3.25. The zero-order chi connectivity index (χ0) is 22.8. The molecule has 0 fully saturated rings. The Morgan fingerprint density at radius 1 is 1.06 bits per heavy atom. The molecule has 32 heavy (non-hydrogen) atoms. The lowest BCUT2D eigenvalue weighted by molar-refractivity contribution is -0.695. The number of benzene rings is 2. The molecule has 1 aliphatic rings. The van der Waals surface area contributed by atoms with E-state index < -0.39 is 5.92 Å². The summed E-state index contributed by atoms with van der Waals surface area (Å²) in [6, 6.07) is 15.7. The van der Waals surface area contributed by atoms with E-state index in [9.17, 15) is 9.59 Å². The molecule has 2 aromatic carbocycles. The average molecular weight is 431 g/mol. The van der Waals surface area contributed by atoms with Crippen LogP contribution in [0.1, 0.15) is 62.9 Å². The highest BCUT2D eigenvalue weighted by Crippen LogP contribution is 2.41. The third-order valence-electron chi connectivity index (χ3n) is 6.23. The predicted octanol–water partition coefficient (Wildman–Crippen LogP) is 4.33. The van der Waals surface area contributed by atoms with E-state index in [1.54, 1.807) is 27.2 Å². The SMILES string of the molecule is CCc1c(C(C)=O)c(C2Cc3cc(OC)c(OC)cc3C2=O)cc[n+]1Cc1ccccc1. The first-order valence-corrected chi connectivity index (χ1v) is 10.9. The highest BCUT2D eigenvalue weighted by atomic mass is 16.5. The van der Waals surface area contributed by atoms with E-state index in [1.165, 1.54) is 0 Å². The number of hydrogen-bond donors (Lipinski definition) is 0. The second-order valence-corrected chi connectivity index (χ2v) is 8.10. The number of pyridine rings is 1. The van der Waals surface area contributed by atoms with Crippen molar-refractivity contribution in [2.75, 3.05) is 14.2 Å². The molecule has 0 saturated carbocycles. The third kappa shape index (κ3) is 3.79. The zero-order valence-corrected chi connectivity index (χ0v) is 19.0. The van der Waals surface area contributed by atoms with Gasteiger partial charge in [0.25, 0.3) is 0 Å². The Hall–Kier alpha value is -3.47. The van der Waals surface area contributed by atoms with Crippen LogP contribution in [-0.4, -0.2) is 25.8 Å². The summed E-state index contributed by atoms with van der Waals surface area (Å²) in [5, 5.41) is 0. The van der Waals surface area contributed by atoms with E-state index >= 15 is 0 Å². The van der Waals surface area contributed by atoms with Crippen LogP contribution in [0.3, 0.4) is 0 Å². The molecule has 3 aromatic rings. The van der Waals surface area contributed by atoms with Crippen LogP contribution in [0.2, 0.25) is 0 Å². The Morgan fingerprint density at radius 2 is 1.75 bits per heavy atom. The van der Waals surface area contributed by atoms with Gasteiger partial charge in [0.1, 0.15) is 0 Å². The molecule has 1 unspecified atom stereocenters. The van der Waals surface area contributed by atoms with Crippen LogP contribution in [0.25, 0.3) is 0 Å². The van der Waals surface area contributed by atoms with Crippen molar-refractivity contribution in [3.8, 4) is 11.5 Å². The van der Waals surface area contributed by atoms with E-state index in [4.69, 9.17) is 9.47 Å². The van der Waals surface area contributed by atoms with Crippen molar-refractivity contribution in [1.82, 2.24) is 0 Å². The number of fused-ring (bicyclic) bond motifs is 1. The number of Topliss-reactive ketones (excluding diaryl/α,β-unsaturated/α-hetero) is 2. The zero-order valence-electron chi connectivity index (χ0n) is 19.0. The Kier molecular flexibility index (Phi) is 6.08. The maximum absolute atomic E-state index is 13.4. The van der Waals surface area contributed by atoms with Crippen molar-refractivity contribution in [3.63, 3.8) is 0 Å². The number of ketones is 2. The van der Waals surface area contributed by atoms with Gasteiger partial charge in [-0.3, -0.25) is 9.59 Å². The molecule has 0 radical (unpaired) electrons. The van der Waals surface area contributed by atoms with Gasteiger partial charge in [-0.1, -0.05) is 37.3 Å². The number of carbonyl (C=O) groups is 2. The molecule has 1 atom stereocenters. The van der Waals surface area contributed by atoms with Gasteiger partial charge in [-0.15, -0.1) is 0 Å². The molecule has 0 spiro atoms. The van der Waals surface area contributed by atoms with Gasteiger partial charge in [-0.25, -0.2) is 0 Å². The van der Waals surface area contributed by atoms with Crippen LogP contribution in [-0.2, 0) is 19.4 Å². The lowest BCUT2D eigenvalue weighted by Gasteiger charge is -2.15. The van der Waals surface area contributed by atoms with Crippen LogP contribution in [0.5, 0.6) is 11.5 Å². The van der Waals surface area contributed by atoms with Gasteiger partial charge in [0.05, 0.1) is 25.7 Å². The van der Waals surface area contributed by atoms with Crippen molar-refractivity contribution < 1.29 is 23.6 Å². The summed E-state index contributed by atoms with van der Waals surface area (Å²) < 4.78 is 12.9. The lowest BCUT2D eigenvalue weighted by atomic mass is 9.88. The molecule has 1 heterocycles. The van der Waals surface area contributed by atoms with Crippen LogP contribution in [0, 0.1) is 0 Å². The molecule has 5 nitrogen and oxygen atoms in total.